The van der Waals surface area contributed by atoms with Gasteiger partial charge in [-0.1, -0.05) is 32.4 Å². The van der Waals surface area contributed by atoms with Crippen molar-refractivity contribution in [2.24, 2.45) is 5.92 Å². The van der Waals surface area contributed by atoms with E-state index in [0.29, 0.717) is 0 Å². The Labute approximate surface area is 121 Å². The van der Waals surface area contributed by atoms with Gasteiger partial charge in [0.05, 0.1) is 0 Å². The van der Waals surface area contributed by atoms with Gasteiger partial charge in [0.1, 0.15) is 0 Å². The van der Waals surface area contributed by atoms with Crippen LogP contribution >= 0.6 is 0 Å². The van der Waals surface area contributed by atoms with Crippen LogP contribution in [-0.4, -0.2) is 50.1 Å². The summed E-state index contributed by atoms with van der Waals surface area (Å²) < 4.78 is 0. The van der Waals surface area contributed by atoms with Crippen molar-refractivity contribution in [2.45, 2.75) is 53.4 Å². The van der Waals surface area contributed by atoms with E-state index in [-0.39, 0.29) is 0 Å². The van der Waals surface area contributed by atoms with Gasteiger partial charge in [-0.3, -0.25) is 0 Å². The summed E-state index contributed by atoms with van der Waals surface area (Å²) in [5, 5.41) is 0. The molecular weight excluding hydrogens is 232 g/mol. The fourth-order valence-corrected chi connectivity index (χ4v) is 2.24. The van der Waals surface area contributed by atoms with Crippen LogP contribution in [0.2, 0.25) is 0 Å². The Morgan fingerprint density at radius 2 is 1.42 bits per heavy atom. The first-order chi connectivity index (χ1) is 9.08. The van der Waals surface area contributed by atoms with Crippen LogP contribution < -0.4 is 0 Å². The van der Waals surface area contributed by atoms with Crippen molar-refractivity contribution in [1.29, 1.82) is 0 Å². The topological polar surface area (TPSA) is 6.48 Å². The number of likely N-dealkylation sites (N-methyl/N-ethyl adjacent to an activating group) is 2. The summed E-state index contributed by atoms with van der Waals surface area (Å²) in [4.78, 5) is 4.72. The minimum Gasteiger partial charge on any atom is -0.304 e. The molecule has 0 saturated carbocycles. The third-order valence-electron chi connectivity index (χ3n) is 3.91. The maximum Gasteiger partial charge on any atom is 0.0107 e. The van der Waals surface area contributed by atoms with Crippen LogP contribution in [0.3, 0.4) is 0 Å². The smallest absolute Gasteiger partial charge is 0.0107 e. The van der Waals surface area contributed by atoms with Gasteiger partial charge in [-0.15, -0.1) is 0 Å². The largest absolute Gasteiger partial charge is 0.304 e. The van der Waals surface area contributed by atoms with Gasteiger partial charge in [-0.05, 0) is 52.6 Å². The summed E-state index contributed by atoms with van der Waals surface area (Å²) >= 11 is 0. The summed E-state index contributed by atoms with van der Waals surface area (Å²) in [5.74, 6) is 0.957. The molecule has 0 radical (unpaired) electrons. The van der Waals surface area contributed by atoms with E-state index >= 15 is 0 Å². The second-order valence-electron chi connectivity index (χ2n) is 5.88. The molecule has 0 spiro atoms. The number of hydrogen-bond acceptors (Lipinski definition) is 2. The second-order valence-corrected chi connectivity index (χ2v) is 5.88. The molecule has 1 unspecified atom stereocenters. The van der Waals surface area contributed by atoms with Gasteiger partial charge in [0.15, 0.2) is 0 Å². The van der Waals surface area contributed by atoms with Gasteiger partial charge in [0.2, 0.25) is 0 Å². The molecule has 0 aromatic heterocycles. The third-order valence-corrected chi connectivity index (χ3v) is 3.91. The summed E-state index contributed by atoms with van der Waals surface area (Å²) in [6.07, 6.45) is 7.84. The van der Waals surface area contributed by atoms with Crippen LogP contribution in [0.25, 0.3) is 0 Å². The maximum absolute atomic E-state index is 2.39. The molecule has 1 aliphatic carbocycles. The van der Waals surface area contributed by atoms with Gasteiger partial charge < -0.3 is 9.80 Å². The molecular formula is C17H36N2. The van der Waals surface area contributed by atoms with E-state index in [9.17, 15) is 0 Å². The van der Waals surface area contributed by atoms with E-state index in [2.05, 4.69) is 43.8 Å². The zero-order valence-corrected chi connectivity index (χ0v) is 14.2. The number of nitrogens with zero attached hydrogens (tertiary/aromatic N) is 2. The van der Waals surface area contributed by atoms with Gasteiger partial charge in [0.25, 0.3) is 0 Å². The Hall–Kier alpha value is -0.340. The van der Waals surface area contributed by atoms with Gasteiger partial charge >= 0.3 is 0 Å². The average Bonchev–Trinajstić information content (AvgIpc) is 2.61. The molecule has 1 fully saturated rings. The van der Waals surface area contributed by atoms with E-state index in [1.54, 1.807) is 5.57 Å². The van der Waals surface area contributed by atoms with Gasteiger partial charge in [-0.25, -0.2) is 0 Å². The molecule has 2 heteroatoms. The highest BCUT2D eigenvalue weighted by Crippen LogP contribution is 2.21. The van der Waals surface area contributed by atoms with Crippen LogP contribution in [0, 0.1) is 5.92 Å². The lowest BCUT2D eigenvalue weighted by Gasteiger charge is -2.28. The molecule has 0 bridgehead atoms. The second kappa shape index (κ2) is 11.5. The zero-order valence-electron chi connectivity index (χ0n) is 14.2. The lowest BCUT2D eigenvalue weighted by atomic mass is 10.0. The molecule has 0 aromatic carbocycles. The Bertz CT molecular complexity index is 217. The molecule has 114 valence electrons. The minimum absolute atomic E-state index is 0.957. The van der Waals surface area contributed by atoms with Gasteiger partial charge in [0, 0.05) is 26.2 Å². The zero-order chi connectivity index (χ0) is 14.7. The van der Waals surface area contributed by atoms with Gasteiger partial charge in [-0.2, -0.15) is 0 Å². The summed E-state index contributed by atoms with van der Waals surface area (Å²) in [6.45, 7) is 13.5. The predicted octanol–water partition coefficient (Wildman–Crippen LogP) is 4.03. The average molecular weight is 268 g/mol. The van der Waals surface area contributed by atoms with Crippen molar-refractivity contribution < 1.29 is 0 Å². The predicted molar refractivity (Wildman–Crippen MR) is 87.7 cm³/mol. The molecule has 0 aromatic rings. The fraction of sp³-hybridized carbons (Fsp3) is 0.882. The quantitative estimate of drug-likeness (QED) is 0.612. The van der Waals surface area contributed by atoms with E-state index in [1.807, 2.05) is 13.8 Å². The van der Waals surface area contributed by atoms with Crippen LogP contribution in [-0.2, 0) is 0 Å². The van der Waals surface area contributed by atoms with Crippen LogP contribution in [0.4, 0.5) is 0 Å². The highest BCUT2D eigenvalue weighted by atomic mass is 15.2. The summed E-state index contributed by atoms with van der Waals surface area (Å²) in [7, 11) is 4.35. The first-order valence-electron chi connectivity index (χ1n) is 8.10. The van der Waals surface area contributed by atoms with E-state index in [4.69, 9.17) is 0 Å². The van der Waals surface area contributed by atoms with Crippen LogP contribution in [0.1, 0.15) is 53.4 Å². The monoisotopic (exact) mass is 268 g/mol. The van der Waals surface area contributed by atoms with Crippen molar-refractivity contribution >= 4 is 0 Å². The van der Waals surface area contributed by atoms with Crippen molar-refractivity contribution in [3.05, 3.63) is 11.6 Å². The molecule has 0 N–H and O–H groups in total. The highest BCUT2D eigenvalue weighted by molar-refractivity contribution is 4.99. The van der Waals surface area contributed by atoms with E-state index < -0.39 is 0 Å². The first-order valence-corrected chi connectivity index (χ1v) is 8.10. The molecule has 2 nitrogen and oxygen atoms in total. The lowest BCUT2D eigenvalue weighted by molar-refractivity contribution is 0.181. The molecule has 1 aliphatic heterocycles. The SMILES string of the molecule is CC.CC1=CCCC(C)CC1.CN1CCN(C)CC1. The fourth-order valence-electron chi connectivity index (χ4n) is 2.24. The standard InChI is InChI=1S/C9H16.C6H14N2.C2H6/c1-8-4-3-5-9(2)7-6-8;1-7-3-5-8(2)6-4-7;1-2/h4,9H,3,5-7H2,1-2H3;3-6H2,1-2H3;1-2H3. The number of allylic oxidation sites excluding steroid dienone is 2. The number of rotatable bonds is 0. The Morgan fingerprint density at radius 3 is 1.89 bits per heavy atom. The first kappa shape index (κ1) is 18.7. The molecule has 2 rings (SSSR count). The summed E-state index contributed by atoms with van der Waals surface area (Å²) in [5.41, 5.74) is 1.60. The van der Waals surface area contributed by atoms with E-state index in [1.165, 1.54) is 51.9 Å². The van der Waals surface area contributed by atoms with Crippen LogP contribution in [0.5, 0.6) is 0 Å². The molecule has 2 aliphatic rings. The lowest BCUT2D eigenvalue weighted by Crippen LogP contribution is -2.42. The minimum atomic E-state index is 0.957. The van der Waals surface area contributed by atoms with E-state index in [0.717, 1.165) is 5.92 Å². The van der Waals surface area contributed by atoms with Crippen molar-refractivity contribution in [3.8, 4) is 0 Å². The Balaban J connectivity index is 0.000000303. The van der Waals surface area contributed by atoms with Crippen molar-refractivity contribution in [2.75, 3.05) is 40.3 Å². The molecule has 1 atom stereocenters. The van der Waals surface area contributed by atoms with Crippen molar-refractivity contribution in [1.82, 2.24) is 9.80 Å². The normalized spacial score (nSPS) is 25.2. The number of piperazine rings is 1. The van der Waals surface area contributed by atoms with Crippen molar-refractivity contribution in [3.63, 3.8) is 0 Å². The molecule has 1 heterocycles. The summed E-state index contributed by atoms with van der Waals surface area (Å²) in [6, 6.07) is 0. The maximum atomic E-state index is 2.39. The Kier molecular flexibility index (Phi) is 11.3. The molecule has 1 saturated heterocycles. The third kappa shape index (κ3) is 10.1. The highest BCUT2D eigenvalue weighted by Gasteiger charge is 2.07. The molecule has 19 heavy (non-hydrogen) atoms. The van der Waals surface area contributed by atoms with Crippen LogP contribution in [0.15, 0.2) is 11.6 Å². The number of hydrogen-bond donors (Lipinski definition) is 0. The molecule has 0 amide bonds. The Morgan fingerprint density at radius 1 is 0.947 bits per heavy atom.